The third kappa shape index (κ3) is 2.72. The number of hydrogen-bond donors (Lipinski definition) is 0. The smallest absolute Gasteiger partial charge is 0.295 e. The summed E-state index contributed by atoms with van der Waals surface area (Å²) in [7, 11) is 0. The van der Waals surface area contributed by atoms with E-state index in [0.717, 1.165) is 25.9 Å². The molecule has 0 aliphatic carbocycles. The quantitative estimate of drug-likeness (QED) is 0.611. The van der Waals surface area contributed by atoms with Crippen molar-refractivity contribution >= 4 is 38.9 Å². The van der Waals surface area contributed by atoms with Crippen molar-refractivity contribution in [1.82, 2.24) is 0 Å². The van der Waals surface area contributed by atoms with Gasteiger partial charge < -0.3 is 4.90 Å². The van der Waals surface area contributed by atoms with E-state index in [2.05, 4.69) is 20.8 Å². The van der Waals surface area contributed by atoms with Crippen LogP contribution in [0.1, 0.15) is 19.3 Å². The summed E-state index contributed by atoms with van der Waals surface area (Å²) in [6, 6.07) is 3.12. The van der Waals surface area contributed by atoms with E-state index in [1.165, 1.54) is 12.5 Å². The molecule has 1 aromatic carbocycles. The lowest BCUT2D eigenvalue weighted by molar-refractivity contribution is -0.384. The molecule has 6 heteroatoms. The first-order valence-corrected chi connectivity index (χ1v) is 6.65. The minimum Gasteiger partial charge on any atom is -0.365 e. The average molecular weight is 320 g/mol. The van der Waals surface area contributed by atoms with Crippen molar-refractivity contribution in [2.45, 2.75) is 19.3 Å². The number of rotatable bonds is 2. The molecule has 92 valence electrons. The Morgan fingerprint density at radius 2 is 1.94 bits per heavy atom. The van der Waals surface area contributed by atoms with Crippen LogP contribution in [0.15, 0.2) is 16.6 Å². The highest BCUT2D eigenvalue weighted by molar-refractivity contribution is 9.10. The molecular formula is C11H12BrClN2O2. The van der Waals surface area contributed by atoms with Gasteiger partial charge in [-0.15, -0.1) is 0 Å². The lowest BCUT2D eigenvalue weighted by Crippen LogP contribution is -2.30. The molecular weight excluding hydrogens is 307 g/mol. The van der Waals surface area contributed by atoms with Crippen LogP contribution in [0.2, 0.25) is 5.02 Å². The molecule has 1 aromatic rings. The Hall–Kier alpha value is -0.810. The lowest BCUT2D eigenvalue weighted by Gasteiger charge is -2.29. The van der Waals surface area contributed by atoms with Crippen LogP contribution in [-0.4, -0.2) is 18.0 Å². The zero-order chi connectivity index (χ0) is 12.4. The van der Waals surface area contributed by atoms with Gasteiger partial charge in [-0.2, -0.15) is 0 Å². The van der Waals surface area contributed by atoms with Gasteiger partial charge in [0.2, 0.25) is 0 Å². The molecule has 0 atom stereocenters. The van der Waals surface area contributed by atoms with Crippen molar-refractivity contribution in [3.63, 3.8) is 0 Å². The first kappa shape index (κ1) is 12.6. The highest BCUT2D eigenvalue weighted by Gasteiger charge is 2.24. The van der Waals surface area contributed by atoms with Crippen LogP contribution in [0, 0.1) is 10.1 Å². The van der Waals surface area contributed by atoms with Crippen LogP contribution in [0.5, 0.6) is 0 Å². The van der Waals surface area contributed by atoms with Gasteiger partial charge in [-0.1, -0.05) is 11.6 Å². The second kappa shape index (κ2) is 5.23. The summed E-state index contributed by atoms with van der Waals surface area (Å²) in [5, 5.41) is 11.4. The monoisotopic (exact) mass is 318 g/mol. The maximum atomic E-state index is 11.1. The molecule has 1 aliphatic heterocycles. The molecule has 0 aromatic heterocycles. The van der Waals surface area contributed by atoms with Gasteiger partial charge in [0.1, 0.15) is 5.69 Å². The Bertz CT molecular complexity index is 447. The van der Waals surface area contributed by atoms with E-state index in [0.29, 0.717) is 15.2 Å². The SMILES string of the molecule is O=[N+]([O-])c1cc(Cl)cc(Br)c1N1CCCCC1. The third-order valence-electron chi connectivity index (χ3n) is 2.88. The van der Waals surface area contributed by atoms with Crippen LogP contribution in [-0.2, 0) is 0 Å². The fourth-order valence-electron chi connectivity index (χ4n) is 2.12. The van der Waals surface area contributed by atoms with Crippen LogP contribution < -0.4 is 4.90 Å². The summed E-state index contributed by atoms with van der Waals surface area (Å²) in [5.74, 6) is 0. The van der Waals surface area contributed by atoms with Crippen molar-refractivity contribution < 1.29 is 4.92 Å². The molecule has 0 bridgehead atoms. The summed E-state index contributed by atoms with van der Waals surface area (Å²) in [5.41, 5.74) is 0.727. The molecule has 1 aliphatic rings. The average Bonchev–Trinajstić information content (AvgIpc) is 2.29. The van der Waals surface area contributed by atoms with E-state index >= 15 is 0 Å². The molecule has 1 fully saturated rings. The predicted molar refractivity (Wildman–Crippen MR) is 71.9 cm³/mol. The molecule has 0 saturated carbocycles. The number of piperidine rings is 1. The Kier molecular flexibility index (Phi) is 3.89. The Balaban J connectivity index is 2.46. The van der Waals surface area contributed by atoms with Gasteiger partial charge in [-0.25, -0.2) is 0 Å². The summed E-state index contributed by atoms with van der Waals surface area (Å²) in [4.78, 5) is 12.8. The van der Waals surface area contributed by atoms with Crippen molar-refractivity contribution in [2.75, 3.05) is 18.0 Å². The molecule has 4 nitrogen and oxygen atoms in total. The van der Waals surface area contributed by atoms with Crippen molar-refractivity contribution in [2.24, 2.45) is 0 Å². The fourth-order valence-corrected chi connectivity index (χ4v) is 3.17. The highest BCUT2D eigenvalue weighted by atomic mass is 79.9. The van der Waals surface area contributed by atoms with Gasteiger partial charge in [0.15, 0.2) is 0 Å². The lowest BCUT2D eigenvalue weighted by atomic mass is 10.1. The number of halogens is 2. The van der Waals surface area contributed by atoms with Crippen molar-refractivity contribution in [1.29, 1.82) is 0 Å². The Morgan fingerprint density at radius 3 is 2.53 bits per heavy atom. The van der Waals surface area contributed by atoms with E-state index in [1.807, 2.05) is 0 Å². The van der Waals surface area contributed by atoms with Crippen molar-refractivity contribution in [3.05, 3.63) is 31.7 Å². The largest absolute Gasteiger partial charge is 0.365 e. The molecule has 0 radical (unpaired) electrons. The van der Waals surface area contributed by atoms with Gasteiger partial charge in [0.25, 0.3) is 5.69 Å². The molecule has 0 spiro atoms. The minimum absolute atomic E-state index is 0.0753. The van der Waals surface area contributed by atoms with Gasteiger partial charge >= 0.3 is 0 Å². The van der Waals surface area contributed by atoms with Crippen molar-refractivity contribution in [3.8, 4) is 0 Å². The second-order valence-electron chi connectivity index (χ2n) is 4.06. The molecule has 1 saturated heterocycles. The van der Waals surface area contributed by atoms with E-state index < -0.39 is 0 Å². The molecule has 2 rings (SSSR count). The summed E-state index contributed by atoms with van der Waals surface area (Å²) in [6.07, 6.45) is 3.34. The van der Waals surface area contributed by atoms with Crippen LogP contribution in [0.3, 0.4) is 0 Å². The number of nitro groups is 1. The van der Waals surface area contributed by atoms with Crippen LogP contribution in [0.25, 0.3) is 0 Å². The summed E-state index contributed by atoms with van der Waals surface area (Å²) < 4.78 is 0.693. The van der Waals surface area contributed by atoms with E-state index in [4.69, 9.17) is 11.6 Å². The number of benzene rings is 1. The molecule has 0 unspecified atom stereocenters. The standard InChI is InChI=1S/C11H12BrClN2O2/c12-9-6-8(13)7-10(15(16)17)11(9)14-4-2-1-3-5-14/h6-7H,1-5H2. The maximum absolute atomic E-state index is 11.1. The molecule has 17 heavy (non-hydrogen) atoms. The van der Waals surface area contributed by atoms with Gasteiger partial charge in [0.05, 0.1) is 4.92 Å². The number of nitro benzene ring substituents is 1. The minimum atomic E-state index is -0.374. The van der Waals surface area contributed by atoms with Crippen LogP contribution >= 0.6 is 27.5 Å². The van der Waals surface area contributed by atoms with Crippen LogP contribution in [0.4, 0.5) is 11.4 Å². The number of nitrogens with zero attached hydrogens (tertiary/aromatic N) is 2. The third-order valence-corrected chi connectivity index (χ3v) is 3.70. The Morgan fingerprint density at radius 1 is 1.29 bits per heavy atom. The molecule has 0 N–H and O–H groups in total. The van der Waals surface area contributed by atoms with Gasteiger partial charge in [-0.3, -0.25) is 10.1 Å². The zero-order valence-corrected chi connectivity index (χ0v) is 11.5. The first-order chi connectivity index (χ1) is 8.09. The van der Waals surface area contributed by atoms with Gasteiger partial charge in [-0.05, 0) is 41.3 Å². The fraction of sp³-hybridized carbons (Fsp3) is 0.455. The maximum Gasteiger partial charge on any atom is 0.295 e. The molecule has 1 heterocycles. The number of hydrogen-bond acceptors (Lipinski definition) is 3. The number of anilines is 1. The zero-order valence-electron chi connectivity index (χ0n) is 9.16. The van der Waals surface area contributed by atoms with Gasteiger partial charge in [0, 0.05) is 28.7 Å². The Labute approximate surface area is 113 Å². The molecule has 0 amide bonds. The summed E-state index contributed by atoms with van der Waals surface area (Å²) in [6.45, 7) is 1.72. The first-order valence-electron chi connectivity index (χ1n) is 5.48. The van der Waals surface area contributed by atoms with E-state index in [9.17, 15) is 10.1 Å². The normalized spacial score (nSPS) is 16.0. The second-order valence-corrected chi connectivity index (χ2v) is 5.35. The highest BCUT2D eigenvalue weighted by Crippen LogP contribution is 2.39. The van der Waals surface area contributed by atoms with E-state index in [-0.39, 0.29) is 10.6 Å². The summed E-state index contributed by atoms with van der Waals surface area (Å²) >= 11 is 9.22. The predicted octanol–water partition coefficient (Wildman–Crippen LogP) is 4.00. The topological polar surface area (TPSA) is 46.4 Å². The van der Waals surface area contributed by atoms with E-state index in [1.54, 1.807) is 6.07 Å².